The monoisotopic (exact) mass is 764 g/mol. The molecule has 3 nitrogen and oxygen atoms in total. The normalized spacial score (nSPS) is 12.4. The molecule has 0 fully saturated rings. The van der Waals surface area contributed by atoms with Gasteiger partial charge in [0.05, 0.1) is 27.8 Å². The summed E-state index contributed by atoms with van der Waals surface area (Å²) in [5.41, 5.74) is 11.2. The lowest BCUT2D eigenvalue weighted by Gasteiger charge is -2.24. The Hall–Kier alpha value is -6.66. The number of imidazole rings is 1. The fourth-order valence-electron chi connectivity index (χ4n) is 8.75. The number of furan rings is 1. The van der Waals surface area contributed by atoms with E-state index in [0.29, 0.717) is 0 Å². The Balaban J connectivity index is 1.24. The maximum absolute atomic E-state index is 13.5. The van der Waals surface area contributed by atoms with E-state index in [0.717, 1.165) is 94.9 Å². The van der Waals surface area contributed by atoms with Gasteiger partial charge in [-0.15, -0.1) is 0 Å². The summed E-state index contributed by atoms with van der Waals surface area (Å²) in [7, 11) is 0. The quantitative estimate of drug-likeness (QED) is 0.158. The first kappa shape index (κ1) is 35.7. The van der Waals surface area contributed by atoms with Gasteiger partial charge in [0, 0.05) is 16.2 Å². The maximum atomic E-state index is 13.5. The summed E-state index contributed by atoms with van der Waals surface area (Å²) < 4.78 is 49.9. The summed E-state index contributed by atoms with van der Waals surface area (Å²) in [4.78, 5) is 5.37. The molecule has 0 aliphatic rings. The molecule has 284 valence electrons. The molecule has 10 rings (SSSR count). The van der Waals surface area contributed by atoms with Crippen LogP contribution in [0, 0.1) is 0 Å². The van der Waals surface area contributed by atoms with E-state index in [4.69, 9.17) is 9.40 Å². The molecule has 8 aromatic carbocycles. The van der Waals surface area contributed by atoms with Crippen molar-refractivity contribution in [2.24, 2.45) is 0 Å². The van der Waals surface area contributed by atoms with Crippen molar-refractivity contribution in [3.05, 3.63) is 168 Å². The van der Waals surface area contributed by atoms with Crippen molar-refractivity contribution >= 4 is 54.5 Å². The Labute approximate surface area is 334 Å². The van der Waals surface area contributed by atoms with E-state index in [2.05, 4.69) is 135 Å². The van der Waals surface area contributed by atoms with E-state index in [-0.39, 0.29) is 11.8 Å². The second kappa shape index (κ2) is 13.5. The molecule has 0 spiro atoms. The number of para-hydroxylation sites is 3. The lowest BCUT2D eigenvalue weighted by Crippen LogP contribution is -2.09. The maximum Gasteiger partial charge on any atom is 0.416 e. The van der Waals surface area contributed by atoms with Gasteiger partial charge in [0.1, 0.15) is 17.0 Å². The molecule has 0 radical (unpaired) electrons. The van der Waals surface area contributed by atoms with Crippen LogP contribution < -0.4 is 0 Å². The van der Waals surface area contributed by atoms with Crippen molar-refractivity contribution in [2.75, 3.05) is 0 Å². The van der Waals surface area contributed by atoms with Crippen LogP contribution in [0.4, 0.5) is 13.2 Å². The number of aromatic nitrogens is 2. The molecule has 6 heteroatoms. The molecule has 0 unspecified atom stereocenters. The Kier molecular flexibility index (Phi) is 8.31. The Morgan fingerprint density at radius 3 is 1.88 bits per heavy atom. The average Bonchev–Trinajstić information content (AvgIpc) is 3.81. The molecule has 2 aromatic heterocycles. The molecular formula is C52H39F3N2O. The van der Waals surface area contributed by atoms with Gasteiger partial charge < -0.3 is 4.42 Å². The lowest BCUT2D eigenvalue weighted by atomic mass is 9.88. The highest BCUT2D eigenvalue weighted by Crippen LogP contribution is 2.46. The van der Waals surface area contributed by atoms with Crippen LogP contribution in [0.3, 0.4) is 0 Å². The first-order chi connectivity index (χ1) is 28.1. The topological polar surface area (TPSA) is 31.0 Å². The minimum atomic E-state index is -4.40. The van der Waals surface area contributed by atoms with Gasteiger partial charge >= 0.3 is 6.18 Å². The first-order valence-electron chi connectivity index (χ1n) is 19.8. The number of nitrogens with zero attached hydrogens (tertiary/aromatic N) is 2. The van der Waals surface area contributed by atoms with E-state index in [1.807, 2.05) is 24.3 Å². The molecule has 0 atom stereocenters. The van der Waals surface area contributed by atoms with E-state index >= 15 is 0 Å². The summed E-state index contributed by atoms with van der Waals surface area (Å²) in [5, 5.41) is 5.77. The number of hydrogen-bond donors (Lipinski definition) is 0. The number of fused-ring (bicyclic) bond motifs is 8. The summed E-state index contributed by atoms with van der Waals surface area (Å²) in [6.07, 6.45) is -4.40. The lowest BCUT2D eigenvalue weighted by molar-refractivity contribution is -0.137. The summed E-state index contributed by atoms with van der Waals surface area (Å²) in [5.74, 6) is 1.25. The van der Waals surface area contributed by atoms with Gasteiger partial charge in [0.2, 0.25) is 0 Å². The minimum absolute atomic E-state index is 0.222. The standard InChI is InChI=1S/C52H39F3N2O/c1-30(2)42-28-35(32-13-6-5-7-14-32)29-43(31(3)4)48(42)57-46-20-11-10-19-45(46)56-51(57)41-18-12-17-39-40-26-23-34-27-44(33-21-24-36(25-22-33)52(53,54)55)37-15-8-9-16-38(37)47(34)50(40)58-49(39)41/h5-31H,1-4H3. The Morgan fingerprint density at radius 2 is 1.17 bits per heavy atom. The van der Waals surface area contributed by atoms with Crippen molar-refractivity contribution in [3.63, 3.8) is 0 Å². The third kappa shape index (κ3) is 5.69. The highest BCUT2D eigenvalue weighted by molar-refractivity contribution is 6.26. The third-order valence-electron chi connectivity index (χ3n) is 11.6. The van der Waals surface area contributed by atoms with Crippen LogP contribution in [0.2, 0.25) is 0 Å². The van der Waals surface area contributed by atoms with E-state index in [1.165, 1.54) is 22.3 Å². The Bertz CT molecular complexity index is 3180. The van der Waals surface area contributed by atoms with Gasteiger partial charge in [-0.25, -0.2) is 4.98 Å². The smallest absolute Gasteiger partial charge is 0.416 e. The summed E-state index contributed by atoms with van der Waals surface area (Å²) in [6.45, 7) is 9.04. The molecule has 10 aromatic rings. The van der Waals surface area contributed by atoms with Crippen molar-refractivity contribution < 1.29 is 17.6 Å². The van der Waals surface area contributed by atoms with Crippen LogP contribution in [0.15, 0.2) is 156 Å². The van der Waals surface area contributed by atoms with Crippen molar-refractivity contribution in [1.29, 1.82) is 0 Å². The number of rotatable bonds is 6. The SMILES string of the molecule is CC(C)c1cc(-c2ccccc2)cc(C(C)C)c1-n1c(-c2cccc3c2oc2c3ccc3cc(-c4ccc(C(F)(F)F)cc4)c4ccccc4c32)nc2ccccc21. The molecule has 0 N–H and O–H groups in total. The fraction of sp³-hybridized carbons (Fsp3) is 0.135. The number of hydrogen-bond acceptors (Lipinski definition) is 2. The van der Waals surface area contributed by atoms with Crippen molar-refractivity contribution in [1.82, 2.24) is 9.55 Å². The van der Waals surface area contributed by atoms with E-state index in [9.17, 15) is 13.2 Å². The second-order valence-corrected chi connectivity index (χ2v) is 15.8. The zero-order valence-electron chi connectivity index (χ0n) is 32.5. The van der Waals surface area contributed by atoms with Gasteiger partial charge in [0.15, 0.2) is 0 Å². The molecule has 0 aliphatic carbocycles. The molecule has 0 saturated carbocycles. The second-order valence-electron chi connectivity index (χ2n) is 15.8. The van der Waals surface area contributed by atoms with Gasteiger partial charge in [-0.3, -0.25) is 4.57 Å². The van der Waals surface area contributed by atoms with Crippen LogP contribution in [0.1, 0.15) is 56.2 Å². The number of alkyl halides is 3. The molecule has 0 amide bonds. The summed E-state index contributed by atoms with van der Waals surface area (Å²) >= 11 is 0. The van der Waals surface area contributed by atoms with Crippen LogP contribution >= 0.6 is 0 Å². The minimum Gasteiger partial charge on any atom is -0.455 e. The van der Waals surface area contributed by atoms with Crippen LogP contribution in [-0.4, -0.2) is 9.55 Å². The molecule has 58 heavy (non-hydrogen) atoms. The zero-order valence-corrected chi connectivity index (χ0v) is 32.5. The predicted octanol–water partition coefficient (Wildman–Crippen LogP) is 15.5. The zero-order chi connectivity index (χ0) is 39.9. The van der Waals surface area contributed by atoms with Crippen LogP contribution in [0.5, 0.6) is 0 Å². The van der Waals surface area contributed by atoms with Crippen molar-refractivity contribution in [3.8, 4) is 39.3 Å². The van der Waals surface area contributed by atoms with Crippen molar-refractivity contribution in [2.45, 2.75) is 45.7 Å². The number of benzene rings is 8. The predicted molar refractivity (Wildman–Crippen MR) is 233 cm³/mol. The molecule has 0 saturated heterocycles. The molecule has 0 bridgehead atoms. The van der Waals surface area contributed by atoms with Gasteiger partial charge in [-0.2, -0.15) is 13.2 Å². The van der Waals surface area contributed by atoms with Crippen LogP contribution in [0.25, 0.3) is 93.8 Å². The van der Waals surface area contributed by atoms with Gasteiger partial charge in [0.25, 0.3) is 0 Å². The molecule has 2 heterocycles. The van der Waals surface area contributed by atoms with Gasteiger partial charge in [-0.05, 0) is 116 Å². The average molecular weight is 765 g/mol. The Morgan fingerprint density at radius 1 is 0.534 bits per heavy atom. The fourth-order valence-corrected chi connectivity index (χ4v) is 8.75. The highest BCUT2D eigenvalue weighted by atomic mass is 19.4. The summed E-state index contributed by atoms with van der Waals surface area (Å²) in [6, 6.07) is 49.6. The largest absolute Gasteiger partial charge is 0.455 e. The van der Waals surface area contributed by atoms with Gasteiger partial charge in [-0.1, -0.05) is 125 Å². The highest BCUT2D eigenvalue weighted by Gasteiger charge is 2.30. The van der Waals surface area contributed by atoms with E-state index < -0.39 is 11.7 Å². The van der Waals surface area contributed by atoms with Crippen LogP contribution in [-0.2, 0) is 6.18 Å². The first-order valence-corrected chi connectivity index (χ1v) is 19.8. The number of halogens is 3. The molecule has 0 aliphatic heterocycles. The third-order valence-corrected chi connectivity index (χ3v) is 11.6. The van der Waals surface area contributed by atoms with E-state index in [1.54, 1.807) is 12.1 Å². The molecular weight excluding hydrogens is 726 g/mol.